The fourth-order valence-electron chi connectivity index (χ4n) is 3.99. The number of nitrogens with one attached hydrogen (secondary N) is 1. The van der Waals surface area contributed by atoms with Crippen LogP contribution in [0.3, 0.4) is 0 Å². The van der Waals surface area contributed by atoms with Gasteiger partial charge in [-0.25, -0.2) is 0 Å². The molecule has 6 nitrogen and oxygen atoms in total. The van der Waals surface area contributed by atoms with Gasteiger partial charge in [0.25, 0.3) is 0 Å². The summed E-state index contributed by atoms with van der Waals surface area (Å²) in [7, 11) is 0. The van der Waals surface area contributed by atoms with E-state index in [4.69, 9.17) is 5.73 Å². The van der Waals surface area contributed by atoms with Gasteiger partial charge in [0.2, 0.25) is 11.8 Å². The van der Waals surface area contributed by atoms with Crippen molar-refractivity contribution in [3.05, 3.63) is 0 Å². The van der Waals surface area contributed by atoms with Gasteiger partial charge in [0.05, 0.1) is 6.07 Å². The Kier molecular flexibility index (Phi) is 6.10. The summed E-state index contributed by atoms with van der Waals surface area (Å²) in [6.45, 7) is 7.07. The zero-order valence-corrected chi connectivity index (χ0v) is 15.8. The lowest BCUT2D eigenvalue weighted by atomic mass is 9.82. The minimum Gasteiger partial charge on any atom is -0.369 e. The molecule has 2 rings (SSSR count). The lowest BCUT2D eigenvalue weighted by Crippen LogP contribution is -2.57. The number of primary amides is 1. The number of carbonyl (C=O) groups is 2. The maximum absolute atomic E-state index is 13.1. The first-order chi connectivity index (χ1) is 11.7. The highest BCUT2D eigenvalue weighted by Crippen LogP contribution is 2.35. The van der Waals surface area contributed by atoms with Gasteiger partial charge < -0.3 is 16.0 Å². The van der Waals surface area contributed by atoms with Gasteiger partial charge in [-0.15, -0.1) is 0 Å². The van der Waals surface area contributed by atoms with Crippen molar-refractivity contribution in [3.8, 4) is 6.07 Å². The Morgan fingerprint density at radius 1 is 1.32 bits per heavy atom. The number of nitrogens with zero attached hydrogens (tertiary/aromatic N) is 2. The molecular formula is C19H32N4O2. The molecular weight excluding hydrogens is 316 g/mol. The van der Waals surface area contributed by atoms with Crippen LogP contribution in [0.1, 0.15) is 65.7 Å². The first-order valence-corrected chi connectivity index (χ1v) is 9.46. The van der Waals surface area contributed by atoms with Crippen LogP contribution in [0.15, 0.2) is 0 Å². The van der Waals surface area contributed by atoms with Crippen LogP contribution in [0.2, 0.25) is 0 Å². The Morgan fingerprint density at radius 3 is 2.44 bits per heavy atom. The van der Waals surface area contributed by atoms with Gasteiger partial charge in [-0.2, -0.15) is 5.26 Å². The van der Waals surface area contributed by atoms with E-state index < -0.39 is 16.9 Å². The molecule has 1 aliphatic heterocycles. The van der Waals surface area contributed by atoms with Crippen LogP contribution < -0.4 is 11.1 Å². The molecule has 3 N–H and O–H groups in total. The summed E-state index contributed by atoms with van der Waals surface area (Å²) in [6.07, 6.45) is 5.43. The Balaban J connectivity index is 2.18. The van der Waals surface area contributed by atoms with E-state index in [0.29, 0.717) is 25.3 Å². The summed E-state index contributed by atoms with van der Waals surface area (Å²) in [5, 5.41) is 13.1. The number of carbonyl (C=O) groups excluding carboxylic acids is 2. The molecule has 0 radical (unpaired) electrons. The molecule has 1 heterocycles. The highest BCUT2D eigenvalue weighted by atomic mass is 16.2. The highest BCUT2D eigenvalue weighted by molar-refractivity contribution is 5.82. The third-order valence-corrected chi connectivity index (χ3v) is 6.05. The highest BCUT2D eigenvalue weighted by Gasteiger charge is 2.46. The summed E-state index contributed by atoms with van der Waals surface area (Å²) in [5.74, 6) is 0.275. The fourth-order valence-corrected chi connectivity index (χ4v) is 3.99. The van der Waals surface area contributed by atoms with E-state index in [-0.39, 0.29) is 18.4 Å². The van der Waals surface area contributed by atoms with Crippen molar-refractivity contribution >= 4 is 11.8 Å². The lowest BCUT2D eigenvalue weighted by molar-refractivity contribution is -0.140. The van der Waals surface area contributed by atoms with Gasteiger partial charge in [-0.05, 0) is 51.0 Å². The van der Waals surface area contributed by atoms with Gasteiger partial charge in [0.15, 0.2) is 0 Å². The smallest absolute Gasteiger partial charge is 0.224 e. The van der Waals surface area contributed by atoms with Gasteiger partial charge in [-0.3, -0.25) is 9.59 Å². The normalized spacial score (nSPS) is 29.8. The Labute approximate surface area is 151 Å². The molecule has 2 fully saturated rings. The SMILES string of the molecule is CC1CCC(N(C(=O)CCC(C)(C)C(N)=O)C2(C#N)CCNC2)CC1. The molecule has 0 spiro atoms. The molecule has 1 atom stereocenters. The number of amides is 2. The standard InChI is InChI=1S/C19H32N4O2/c1-14-4-6-15(7-5-14)23(19(12-20)10-11-22-13-19)16(24)8-9-18(2,3)17(21)25/h14-15,22H,4-11,13H2,1-3H3,(H2,21,25). The van der Waals surface area contributed by atoms with E-state index in [1.54, 1.807) is 13.8 Å². The summed E-state index contributed by atoms with van der Waals surface area (Å²) in [6, 6.07) is 2.56. The van der Waals surface area contributed by atoms with Crippen molar-refractivity contribution in [1.82, 2.24) is 10.2 Å². The van der Waals surface area contributed by atoms with Crippen molar-refractivity contribution in [3.63, 3.8) is 0 Å². The van der Waals surface area contributed by atoms with Gasteiger partial charge in [-0.1, -0.05) is 20.8 Å². The van der Waals surface area contributed by atoms with Crippen molar-refractivity contribution in [2.45, 2.75) is 77.3 Å². The maximum atomic E-state index is 13.1. The zero-order chi connectivity index (χ0) is 18.7. The largest absolute Gasteiger partial charge is 0.369 e. The van der Waals surface area contributed by atoms with Crippen molar-refractivity contribution in [1.29, 1.82) is 5.26 Å². The number of nitrogens with two attached hydrogens (primary N) is 1. The second-order valence-electron chi connectivity index (χ2n) is 8.50. The maximum Gasteiger partial charge on any atom is 0.224 e. The van der Waals surface area contributed by atoms with Crippen LogP contribution in [-0.2, 0) is 9.59 Å². The quantitative estimate of drug-likeness (QED) is 0.766. The topological polar surface area (TPSA) is 99.2 Å². The molecule has 2 aliphatic rings. The van der Waals surface area contributed by atoms with Gasteiger partial charge in [0.1, 0.15) is 5.54 Å². The molecule has 140 valence electrons. The van der Waals surface area contributed by atoms with Gasteiger partial charge in [0, 0.05) is 24.4 Å². The average Bonchev–Trinajstić information content (AvgIpc) is 3.05. The minimum atomic E-state index is -0.751. The third kappa shape index (κ3) is 4.33. The second kappa shape index (κ2) is 7.74. The number of hydrogen-bond acceptors (Lipinski definition) is 4. The van der Waals surface area contributed by atoms with Crippen LogP contribution in [-0.4, -0.2) is 41.4 Å². The molecule has 6 heteroatoms. The van der Waals surface area contributed by atoms with Gasteiger partial charge >= 0.3 is 0 Å². The number of rotatable bonds is 6. The summed E-state index contributed by atoms with van der Waals surface area (Å²) < 4.78 is 0. The molecule has 2 amide bonds. The van der Waals surface area contributed by atoms with Crippen molar-refractivity contribution in [2.24, 2.45) is 17.1 Å². The van der Waals surface area contributed by atoms with Crippen LogP contribution in [0.25, 0.3) is 0 Å². The Morgan fingerprint density at radius 2 is 1.96 bits per heavy atom. The predicted molar refractivity (Wildman–Crippen MR) is 96.3 cm³/mol. The molecule has 1 saturated heterocycles. The third-order valence-electron chi connectivity index (χ3n) is 6.05. The monoisotopic (exact) mass is 348 g/mol. The van der Waals surface area contributed by atoms with Crippen LogP contribution in [0.4, 0.5) is 0 Å². The molecule has 0 bridgehead atoms. The predicted octanol–water partition coefficient (Wildman–Crippen LogP) is 1.94. The van der Waals surface area contributed by atoms with E-state index in [1.165, 1.54) is 0 Å². The van der Waals surface area contributed by atoms with E-state index in [1.807, 2.05) is 4.90 Å². The molecule has 1 unspecified atom stereocenters. The van der Waals surface area contributed by atoms with E-state index in [2.05, 4.69) is 18.3 Å². The molecule has 1 saturated carbocycles. The number of hydrogen-bond donors (Lipinski definition) is 2. The number of nitriles is 1. The average molecular weight is 348 g/mol. The summed E-state index contributed by atoms with van der Waals surface area (Å²) in [4.78, 5) is 26.6. The van der Waals surface area contributed by atoms with Crippen LogP contribution >= 0.6 is 0 Å². The minimum absolute atomic E-state index is 0.0147. The lowest BCUT2D eigenvalue weighted by Gasteiger charge is -2.44. The Hall–Kier alpha value is -1.61. The van der Waals surface area contributed by atoms with Crippen LogP contribution in [0.5, 0.6) is 0 Å². The first-order valence-electron chi connectivity index (χ1n) is 9.46. The van der Waals surface area contributed by atoms with E-state index in [9.17, 15) is 14.9 Å². The van der Waals surface area contributed by atoms with Crippen LogP contribution in [0, 0.1) is 22.7 Å². The summed E-state index contributed by atoms with van der Waals surface area (Å²) >= 11 is 0. The first kappa shape index (κ1) is 19.7. The molecule has 25 heavy (non-hydrogen) atoms. The second-order valence-corrected chi connectivity index (χ2v) is 8.50. The zero-order valence-electron chi connectivity index (χ0n) is 15.8. The molecule has 0 aromatic rings. The molecule has 0 aromatic heterocycles. The molecule has 1 aliphatic carbocycles. The molecule has 0 aromatic carbocycles. The van der Waals surface area contributed by atoms with Crippen molar-refractivity contribution < 1.29 is 9.59 Å². The van der Waals surface area contributed by atoms with Crippen molar-refractivity contribution in [2.75, 3.05) is 13.1 Å². The Bertz CT molecular complexity index is 538. The van der Waals surface area contributed by atoms with E-state index in [0.717, 1.165) is 32.2 Å². The van der Waals surface area contributed by atoms with E-state index >= 15 is 0 Å². The fraction of sp³-hybridized carbons (Fsp3) is 0.842. The summed E-state index contributed by atoms with van der Waals surface area (Å²) in [5.41, 5.74) is 3.98.